The number of amides is 1. The van der Waals surface area contributed by atoms with E-state index >= 15 is 0 Å². The summed E-state index contributed by atoms with van der Waals surface area (Å²) in [6, 6.07) is 14.6. The van der Waals surface area contributed by atoms with Gasteiger partial charge >= 0.3 is 18.6 Å². The van der Waals surface area contributed by atoms with Crippen LogP contribution in [-0.2, 0) is 24.1 Å². The molecule has 7 rings (SSSR count). The number of para-hydroxylation sites is 1. The second-order valence-electron chi connectivity index (χ2n) is 12.5. The van der Waals surface area contributed by atoms with Crippen LogP contribution in [0, 0.1) is 23.2 Å². The zero-order valence-electron chi connectivity index (χ0n) is 24.6. The van der Waals surface area contributed by atoms with E-state index in [0.29, 0.717) is 18.7 Å². The van der Waals surface area contributed by atoms with Gasteiger partial charge in [0.15, 0.2) is 0 Å². The third-order valence-electron chi connectivity index (χ3n) is 9.26. The number of alkyl carbamates (subject to hydrolysis) is 1. The van der Waals surface area contributed by atoms with Crippen LogP contribution in [0.3, 0.4) is 0 Å². The number of carbonyl (C=O) groups is 1. The number of carbonyl (C=O) groups excluding carboxylic acids is 1. The van der Waals surface area contributed by atoms with Crippen molar-refractivity contribution in [1.82, 2.24) is 15.3 Å². The summed E-state index contributed by atoms with van der Waals surface area (Å²) in [7, 11) is 0. The molecule has 246 valence electrons. The van der Waals surface area contributed by atoms with E-state index < -0.39 is 42.3 Å². The molecule has 0 saturated heterocycles. The van der Waals surface area contributed by atoms with Crippen LogP contribution < -0.4 is 20.7 Å². The number of hydrogen-bond donors (Lipinski definition) is 3. The van der Waals surface area contributed by atoms with Gasteiger partial charge in [0.1, 0.15) is 23.7 Å². The monoisotopic (exact) mass is 649 g/mol. The molecule has 4 saturated carbocycles. The molecule has 2 aromatic carbocycles. The highest BCUT2D eigenvalue weighted by Gasteiger charge is 2.55. The minimum absolute atomic E-state index is 0.00162. The van der Waals surface area contributed by atoms with Gasteiger partial charge < -0.3 is 25.4 Å². The van der Waals surface area contributed by atoms with Crippen molar-refractivity contribution in [3.8, 4) is 5.75 Å². The van der Waals surface area contributed by atoms with Gasteiger partial charge in [0.05, 0.1) is 0 Å². The lowest BCUT2D eigenvalue weighted by molar-refractivity contribution is -0.274. The average Bonchev–Trinajstić information content (AvgIpc) is 2.99. The van der Waals surface area contributed by atoms with Crippen LogP contribution in [0.25, 0.3) is 0 Å². The van der Waals surface area contributed by atoms with Gasteiger partial charge in [0.25, 0.3) is 0 Å². The number of aromatic nitrogens is 2. The zero-order valence-corrected chi connectivity index (χ0v) is 24.6. The quantitative estimate of drug-likeness (QED) is 0.195. The second-order valence-corrected chi connectivity index (χ2v) is 12.5. The molecular weight excluding hydrogens is 616 g/mol. The summed E-state index contributed by atoms with van der Waals surface area (Å²) in [4.78, 5) is 20.6. The molecule has 4 bridgehead atoms. The summed E-state index contributed by atoms with van der Waals surface area (Å²) >= 11 is 0. The van der Waals surface area contributed by atoms with E-state index in [1.807, 2.05) is 30.3 Å². The largest absolute Gasteiger partial charge is 0.573 e. The Morgan fingerprint density at radius 2 is 1.61 bits per heavy atom. The van der Waals surface area contributed by atoms with Gasteiger partial charge in [-0.05, 0) is 66.9 Å². The van der Waals surface area contributed by atoms with Gasteiger partial charge in [-0.15, -0.1) is 13.2 Å². The smallest absolute Gasteiger partial charge is 0.445 e. The van der Waals surface area contributed by atoms with E-state index in [2.05, 4.69) is 30.7 Å². The first-order valence-electron chi connectivity index (χ1n) is 15.1. The highest BCUT2D eigenvalue weighted by Crippen LogP contribution is 2.60. The van der Waals surface area contributed by atoms with Gasteiger partial charge in [-0.3, -0.25) is 0 Å². The predicted octanol–water partition coefficient (Wildman–Crippen LogP) is 7.54. The number of benzene rings is 2. The standard InChI is InChI=1S/C32H33F6N5O3/c33-31(34,35)24-16-40-28(43-27(24)39-15-21-8-4-5-9-25(21)46-32(36,37)38)41-18-30-12-20-10-22(13-30)26(23(11-20)14-30)42-29(44)45-17-19-6-2-1-3-7-19/h1-9,16,20,22-23,26H,10-15,17-18H2,(H,42,44)(H2,39,40,41,43)/t20?,22-,23+,26?,30?. The molecule has 1 aromatic heterocycles. The first kappa shape index (κ1) is 31.7. The van der Waals surface area contributed by atoms with Gasteiger partial charge in [0, 0.05) is 30.9 Å². The number of alkyl halides is 6. The average molecular weight is 650 g/mol. The van der Waals surface area contributed by atoms with Gasteiger partial charge in [0.2, 0.25) is 5.95 Å². The lowest BCUT2D eigenvalue weighted by atomic mass is 9.48. The molecule has 4 aliphatic rings. The first-order chi connectivity index (χ1) is 21.9. The summed E-state index contributed by atoms with van der Waals surface area (Å²) < 4.78 is 89.4. The minimum Gasteiger partial charge on any atom is -0.445 e. The Bertz CT molecular complexity index is 1520. The highest BCUT2D eigenvalue weighted by atomic mass is 19.4. The molecule has 4 aliphatic carbocycles. The molecule has 0 aliphatic heterocycles. The number of nitrogens with one attached hydrogen (secondary N) is 3. The zero-order chi connectivity index (χ0) is 32.5. The fraction of sp³-hybridized carbons (Fsp3) is 0.469. The molecule has 1 heterocycles. The van der Waals surface area contributed by atoms with E-state index in [-0.39, 0.29) is 41.4 Å². The Hall–Kier alpha value is -4.23. The summed E-state index contributed by atoms with van der Waals surface area (Å²) in [6.07, 6.45) is -4.93. The predicted molar refractivity (Wildman–Crippen MR) is 156 cm³/mol. The second kappa shape index (κ2) is 12.5. The van der Waals surface area contributed by atoms with Gasteiger partial charge in [-0.25, -0.2) is 9.78 Å². The van der Waals surface area contributed by atoms with Crippen LogP contribution in [0.1, 0.15) is 48.8 Å². The molecule has 8 nitrogen and oxygen atoms in total. The Balaban J connectivity index is 1.10. The first-order valence-corrected chi connectivity index (χ1v) is 15.1. The normalized spacial score (nSPS) is 25.2. The van der Waals surface area contributed by atoms with Crippen molar-refractivity contribution in [2.24, 2.45) is 23.2 Å². The molecule has 4 fully saturated rings. The third-order valence-corrected chi connectivity index (χ3v) is 9.26. The summed E-state index contributed by atoms with van der Waals surface area (Å²) in [6.45, 7) is 0.223. The van der Waals surface area contributed by atoms with Crippen molar-refractivity contribution in [1.29, 1.82) is 0 Å². The molecule has 46 heavy (non-hydrogen) atoms. The Kier molecular flexibility index (Phi) is 8.64. The van der Waals surface area contributed by atoms with Crippen molar-refractivity contribution < 1.29 is 40.6 Å². The number of halogens is 6. The Labute approximate surface area is 261 Å². The maximum absolute atomic E-state index is 13.8. The molecule has 3 N–H and O–H groups in total. The maximum atomic E-state index is 13.8. The summed E-state index contributed by atoms with van der Waals surface area (Å²) in [5, 5.41) is 8.77. The van der Waals surface area contributed by atoms with E-state index in [1.165, 1.54) is 18.2 Å². The molecular formula is C32H33F6N5O3. The van der Waals surface area contributed by atoms with Crippen molar-refractivity contribution in [2.45, 2.75) is 63.8 Å². The topological polar surface area (TPSA) is 97.4 Å². The maximum Gasteiger partial charge on any atom is 0.573 e. The molecule has 3 aromatic rings. The van der Waals surface area contributed by atoms with Crippen LogP contribution in [0.15, 0.2) is 60.8 Å². The van der Waals surface area contributed by atoms with Crippen molar-refractivity contribution in [2.75, 3.05) is 17.2 Å². The molecule has 14 heteroatoms. The van der Waals surface area contributed by atoms with E-state index in [9.17, 15) is 31.1 Å². The number of nitrogens with zero attached hydrogens (tertiary/aromatic N) is 2. The highest BCUT2D eigenvalue weighted by molar-refractivity contribution is 5.67. The van der Waals surface area contributed by atoms with Gasteiger partial charge in [-0.1, -0.05) is 48.5 Å². The van der Waals surface area contributed by atoms with Crippen LogP contribution in [-0.4, -0.2) is 35.0 Å². The number of anilines is 2. The molecule has 0 spiro atoms. The Morgan fingerprint density at radius 1 is 0.913 bits per heavy atom. The lowest BCUT2D eigenvalue weighted by Crippen LogP contribution is -2.60. The van der Waals surface area contributed by atoms with Crippen molar-refractivity contribution in [3.63, 3.8) is 0 Å². The molecule has 5 atom stereocenters. The fourth-order valence-corrected chi connectivity index (χ4v) is 7.67. The van der Waals surface area contributed by atoms with E-state index in [4.69, 9.17) is 4.74 Å². The summed E-state index contributed by atoms with van der Waals surface area (Å²) in [5.74, 6) is -0.116. The number of ether oxygens (including phenoxy) is 2. The molecule has 0 radical (unpaired) electrons. The Morgan fingerprint density at radius 3 is 2.30 bits per heavy atom. The summed E-state index contributed by atoms with van der Waals surface area (Å²) in [5.41, 5.74) is -0.371. The third kappa shape index (κ3) is 7.42. The molecule has 3 unspecified atom stereocenters. The van der Waals surface area contributed by atoms with Crippen LogP contribution in [0.5, 0.6) is 5.75 Å². The van der Waals surface area contributed by atoms with E-state index in [1.54, 1.807) is 0 Å². The SMILES string of the molecule is O=C(NC1[C@@H]2CC3C[C@H]1CC(CNc1ncc(C(F)(F)F)c(NCc4ccccc4OC(F)(F)F)n1)(C3)C2)OCc1ccccc1. The number of hydrogen-bond acceptors (Lipinski definition) is 7. The van der Waals surface area contributed by atoms with E-state index in [0.717, 1.165) is 43.7 Å². The van der Waals surface area contributed by atoms with Gasteiger partial charge in [-0.2, -0.15) is 18.2 Å². The van der Waals surface area contributed by atoms with Crippen molar-refractivity contribution in [3.05, 3.63) is 77.5 Å². The van der Waals surface area contributed by atoms with Crippen LogP contribution in [0.4, 0.5) is 42.9 Å². The fourth-order valence-electron chi connectivity index (χ4n) is 7.67. The van der Waals surface area contributed by atoms with Crippen molar-refractivity contribution >= 4 is 17.9 Å². The van der Waals surface area contributed by atoms with Crippen LogP contribution >= 0.6 is 0 Å². The lowest BCUT2D eigenvalue weighted by Gasteiger charge is -2.60. The number of rotatable bonds is 10. The minimum atomic E-state index is -4.96. The molecule has 1 amide bonds. The van der Waals surface area contributed by atoms with Crippen LogP contribution in [0.2, 0.25) is 0 Å².